The maximum Gasteiger partial charge on any atom is 0.307 e. The van der Waals surface area contributed by atoms with Crippen molar-refractivity contribution in [2.75, 3.05) is 0 Å². The molecule has 0 radical (unpaired) electrons. The van der Waals surface area contributed by atoms with Crippen molar-refractivity contribution in [1.29, 1.82) is 0 Å². The third kappa shape index (κ3) is 5.03. The van der Waals surface area contributed by atoms with Crippen molar-refractivity contribution in [2.45, 2.75) is 52.6 Å². The molecule has 0 amide bonds. The smallest absolute Gasteiger partial charge is 0.307 e. The normalized spacial score (nSPS) is 12.6. The number of hydrogen-bond acceptors (Lipinski definition) is 2. The molecule has 19 heavy (non-hydrogen) atoms. The number of nitrogens with one attached hydrogen (secondary N) is 1. The van der Waals surface area contributed by atoms with Gasteiger partial charge in [-0.3, -0.25) is 4.79 Å². The van der Waals surface area contributed by atoms with Gasteiger partial charge >= 0.3 is 5.97 Å². The van der Waals surface area contributed by atoms with Crippen molar-refractivity contribution in [1.82, 2.24) is 5.32 Å². The molecule has 1 aromatic rings. The van der Waals surface area contributed by atoms with Crippen LogP contribution in [0.4, 0.5) is 0 Å². The summed E-state index contributed by atoms with van der Waals surface area (Å²) in [6.45, 7) is 7.37. The summed E-state index contributed by atoms with van der Waals surface area (Å²) in [7, 11) is 0. The van der Waals surface area contributed by atoms with Gasteiger partial charge in [-0.15, -0.1) is 0 Å². The van der Waals surface area contributed by atoms with Crippen LogP contribution in [0.2, 0.25) is 0 Å². The average molecular weight is 263 g/mol. The van der Waals surface area contributed by atoms with E-state index in [1.54, 1.807) is 0 Å². The lowest BCUT2D eigenvalue weighted by Crippen LogP contribution is -2.32. The molecule has 2 N–H and O–H groups in total. The van der Waals surface area contributed by atoms with Crippen molar-refractivity contribution >= 4 is 5.97 Å². The molecule has 0 aliphatic heterocycles. The first-order valence-corrected chi connectivity index (χ1v) is 7.10. The Kier molecular flexibility index (Phi) is 6.57. The Morgan fingerprint density at radius 1 is 1.21 bits per heavy atom. The largest absolute Gasteiger partial charge is 0.481 e. The van der Waals surface area contributed by atoms with Gasteiger partial charge in [0.15, 0.2) is 0 Å². The molecule has 0 saturated carbocycles. The fourth-order valence-corrected chi connectivity index (χ4v) is 2.50. The number of carbonyl (C=O) groups is 1. The molecule has 1 unspecified atom stereocenters. The van der Waals surface area contributed by atoms with E-state index < -0.39 is 5.97 Å². The van der Waals surface area contributed by atoms with Crippen molar-refractivity contribution in [3.63, 3.8) is 0 Å². The van der Waals surface area contributed by atoms with Gasteiger partial charge in [-0.25, -0.2) is 0 Å². The molecule has 1 aromatic carbocycles. The summed E-state index contributed by atoms with van der Waals surface area (Å²) in [5, 5.41) is 12.4. The standard InChI is InChI=1S/C16H25NO2/c1-4-13(5-2)12(3)17-11-15-9-7-6-8-14(15)10-16(18)19/h6-9,12-13,17H,4-5,10-11H2,1-3H3,(H,18,19). The van der Waals surface area contributed by atoms with Crippen LogP contribution in [0, 0.1) is 5.92 Å². The van der Waals surface area contributed by atoms with Crippen LogP contribution in [-0.2, 0) is 17.8 Å². The van der Waals surface area contributed by atoms with Crippen LogP contribution < -0.4 is 5.32 Å². The van der Waals surface area contributed by atoms with E-state index in [-0.39, 0.29) is 6.42 Å². The van der Waals surface area contributed by atoms with Crippen LogP contribution in [0.15, 0.2) is 24.3 Å². The molecule has 0 saturated heterocycles. The van der Waals surface area contributed by atoms with Gasteiger partial charge in [0.2, 0.25) is 0 Å². The highest BCUT2D eigenvalue weighted by atomic mass is 16.4. The van der Waals surface area contributed by atoms with Crippen LogP contribution in [0.5, 0.6) is 0 Å². The van der Waals surface area contributed by atoms with E-state index in [2.05, 4.69) is 26.1 Å². The van der Waals surface area contributed by atoms with E-state index in [9.17, 15) is 4.79 Å². The third-order valence-corrected chi connectivity index (χ3v) is 3.83. The molecule has 0 heterocycles. The van der Waals surface area contributed by atoms with Gasteiger partial charge in [0.1, 0.15) is 0 Å². The minimum absolute atomic E-state index is 0.0945. The van der Waals surface area contributed by atoms with Crippen LogP contribution in [-0.4, -0.2) is 17.1 Å². The number of hydrogen-bond donors (Lipinski definition) is 2. The molecular weight excluding hydrogens is 238 g/mol. The predicted octanol–water partition coefficient (Wildman–Crippen LogP) is 3.23. The Morgan fingerprint density at radius 3 is 2.32 bits per heavy atom. The minimum atomic E-state index is -0.777. The zero-order chi connectivity index (χ0) is 14.3. The first-order valence-electron chi connectivity index (χ1n) is 7.10. The predicted molar refractivity (Wildman–Crippen MR) is 78.2 cm³/mol. The van der Waals surface area contributed by atoms with E-state index in [0.29, 0.717) is 12.0 Å². The molecule has 106 valence electrons. The Morgan fingerprint density at radius 2 is 1.79 bits per heavy atom. The Balaban J connectivity index is 2.64. The fourth-order valence-electron chi connectivity index (χ4n) is 2.50. The van der Waals surface area contributed by atoms with Crippen molar-refractivity contribution in [3.8, 4) is 0 Å². The Hall–Kier alpha value is -1.35. The maximum absolute atomic E-state index is 10.8. The maximum atomic E-state index is 10.8. The van der Waals surface area contributed by atoms with Gasteiger partial charge in [0, 0.05) is 12.6 Å². The van der Waals surface area contributed by atoms with Crippen molar-refractivity contribution in [3.05, 3.63) is 35.4 Å². The molecule has 0 spiro atoms. The highest BCUT2D eigenvalue weighted by Gasteiger charge is 2.13. The van der Waals surface area contributed by atoms with E-state index in [0.717, 1.165) is 17.7 Å². The third-order valence-electron chi connectivity index (χ3n) is 3.83. The Bertz CT molecular complexity index is 399. The average Bonchev–Trinajstić information content (AvgIpc) is 2.38. The lowest BCUT2D eigenvalue weighted by molar-refractivity contribution is -0.136. The van der Waals surface area contributed by atoms with Gasteiger partial charge in [0.25, 0.3) is 0 Å². The van der Waals surface area contributed by atoms with Gasteiger partial charge in [-0.2, -0.15) is 0 Å². The summed E-state index contributed by atoms with van der Waals surface area (Å²) in [4.78, 5) is 10.8. The number of rotatable bonds is 8. The van der Waals surface area contributed by atoms with Crippen LogP contribution in [0.1, 0.15) is 44.7 Å². The van der Waals surface area contributed by atoms with Crippen LogP contribution in [0.25, 0.3) is 0 Å². The number of carboxylic acids is 1. The summed E-state index contributed by atoms with van der Waals surface area (Å²) in [5.74, 6) is -0.105. The molecule has 0 aliphatic carbocycles. The molecule has 1 atom stereocenters. The van der Waals surface area contributed by atoms with E-state index in [4.69, 9.17) is 5.11 Å². The SMILES string of the molecule is CCC(CC)C(C)NCc1ccccc1CC(=O)O. The highest BCUT2D eigenvalue weighted by molar-refractivity contribution is 5.70. The topological polar surface area (TPSA) is 49.3 Å². The Labute approximate surface area is 116 Å². The number of benzene rings is 1. The van der Waals surface area contributed by atoms with Gasteiger partial charge in [-0.05, 0) is 24.0 Å². The molecule has 1 rings (SSSR count). The van der Waals surface area contributed by atoms with Crippen molar-refractivity contribution < 1.29 is 9.90 Å². The molecular formula is C16H25NO2. The summed E-state index contributed by atoms with van der Waals surface area (Å²) in [5.41, 5.74) is 1.99. The van der Waals surface area contributed by atoms with Gasteiger partial charge in [0.05, 0.1) is 6.42 Å². The summed E-state index contributed by atoms with van der Waals surface area (Å²) < 4.78 is 0. The quantitative estimate of drug-likeness (QED) is 0.757. The zero-order valence-corrected chi connectivity index (χ0v) is 12.1. The second-order valence-corrected chi connectivity index (χ2v) is 5.09. The first kappa shape index (κ1) is 15.7. The lowest BCUT2D eigenvalue weighted by Gasteiger charge is -2.23. The fraction of sp³-hybridized carbons (Fsp3) is 0.562. The molecule has 0 aromatic heterocycles. The van der Waals surface area contributed by atoms with E-state index >= 15 is 0 Å². The molecule has 3 nitrogen and oxygen atoms in total. The second-order valence-electron chi connectivity index (χ2n) is 5.09. The van der Waals surface area contributed by atoms with Crippen LogP contribution in [0.3, 0.4) is 0 Å². The van der Waals surface area contributed by atoms with E-state index in [1.165, 1.54) is 12.8 Å². The number of aliphatic carboxylic acids is 1. The lowest BCUT2D eigenvalue weighted by atomic mass is 9.95. The zero-order valence-electron chi connectivity index (χ0n) is 12.1. The molecule has 0 aliphatic rings. The van der Waals surface area contributed by atoms with Crippen molar-refractivity contribution in [2.24, 2.45) is 5.92 Å². The summed E-state index contributed by atoms with van der Waals surface area (Å²) in [6.07, 6.45) is 2.43. The highest BCUT2D eigenvalue weighted by Crippen LogP contribution is 2.15. The van der Waals surface area contributed by atoms with Crippen LogP contribution >= 0.6 is 0 Å². The molecule has 0 bridgehead atoms. The van der Waals surface area contributed by atoms with Gasteiger partial charge in [-0.1, -0.05) is 51.0 Å². The molecule has 0 fully saturated rings. The number of carboxylic acid groups (broad SMARTS) is 1. The summed E-state index contributed by atoms with van der Waals surface area (Å²) >= 11 is 0. The summed E-state index contributed by atoms with van der Waals surface area (Å²) in [6, 6.07) is 8.21. The van der Waals surface area contributed by atoms with E-state index in [1.807, 2.05) is 24.3 Å². The monoisotopic (exact) mass is 263 g/mol. The second kappa shape index (κ2) is 7.95. The van der Waals surface area contributed by atoms with Gasteiger partial charge < -0.3 is 10.4 Å². The molecule has 3 heteroatoms. The minimum Gasteiger partial charge on any atom is -0.481 e. The first-order chi connectivity index (χ1) is 9.08.